The van der Waals surface area contributed by atoms with Crippen LogP contribution in [0.1, 0.15) is 43.4 Å². The zero-order valence-electron chi connectivity index (χ0n) is 10.8. The van der Waals surface area contributed by atoms with Crippen molar-refractivity contribution < 1.29 is 9.50 Å². The zero-order valence-corrected chi connectivity index (χ0v) is 10.8. The lowest BCUT2D eigenvalue weighted by Gasteiger charge is -2.28. The molecule has 0 heterocycles. The molecule has 0 aliphatic heterocycles. The highest BCUT2D eigenvalue weighted by molar-refractivity contribution is 5.29. The van der Waals surface area contributed by atoms with Gasteiger partial charge in [-0.3, -0.25) is 0 Å². The van der Waals surface area contributed by atoms with E-state index >= 15 is 0 Å². The van der Waals surface area contributed by atoms with Crippen LogP contribution < -0.4 is 0 Å². The maximum absolute atomic E-state index is 13.8. The van der Waals surface area contributed by atoms with Crippen LogP contribution in [-0.2, 0) is 0 Å². The zero-order chi connectivity index (χ0) is 13.3. The molecule has 1 aliphatic carbocycles. The van der Waals surface area contributed by atoms with Crippen LogP contribution in [0.25, 0.3) is 0 Å². The Morgan fingerprint density at radius 1 is 1.56 bits per heavy atom. The van der Waals surface area contributed by atoms with Gasteiger partial charge < -0.3 is 5.11 Å². The van der Waals surface area contributed by atoms with E-state index in [-0.39, 0.29) is 5.56 Å². The van der Waals surface area contributed by atoms with Crippen LogP contribution >= 0.6 is 0 Å². The van der Waals surface area contributed by atoms with Crippen molar-refractivity contribution in [3.8, 4) is 6.07 Å². The van der Waals surface area contributed by atoms with E-state index in [9.17, 15) is 14.8 Å². The summed E-state index contributed by atoms with van der Waals surface area (Å²) in [5.74, 6) is -0.0190. The highest BCUT2D eigenvalue weighted by Crippen LogP contribution is 2.49. The standard InChI is InChI=1S/C15H18FNO/c1-10-3-4-13(16)12(7-10)14(18)15(9-17)6-5-11(2)8-15/h3-4,7,11,14,18H,5-6,8H2,1-2H3. The van der Waals surface area contributed by atoms with E-state index in [2.05, 4.69) is 13.0 Å². The summed E-state index contributed by atoms with van der Waals surface area (Å²) < 4.78 is 13.8. The second-order valence-corrected chi connectivity index (χ2v) is 5.54. The first-order chi connectivity index (χ1) is 8.48. The van der Waals surface area contributed by atoms with Gasteiger partial charge in [-0.25, -0.2) is 4.39 Å². The molecule has 2 rings (SSSR count). The van der Waals surface area contributed by atoms with Crippen molar-refractivity contribution in [2.45, 2.75) is 39.2 Å². The summed E-state index contributed by atoms with van der Waals surface area (Å²) in [6.45, 7) is 3.92. The van der Waals surface area contributed by atoms with Gasteiger partial charge in [0.15, 0.2) is 0 Å². The van der Waals surface area contributed by atoms with Crippen LogP contribution in [0.3, 0.4) is 0 Å². The molecular weight excluding hydrogens is 229 g/mol. The van der Waals surface area contributed by atoms with Gasteiger partial charge in [0, 0.05) is 5.56 Å². The average Bonchev–Trinajstić information content (AvgIpc) is 2.74. The molecular formula is C15H18FNO. The number of hydrogen-bond donors (Lipinski definition) is 1. The lowest BCUT2D eigenvalue weighted by atomic mass is 9.77. The maximum atomic E-state index is 13.8. The van der Waals surface area contributed by atoms with E-state index in [4.69, 9.17) is 0 Å². The van der Waals surface area contributed by atoms with Crippen LogP contribution in [0, 0.1) is 35.4 Å². The largest absolute Gasteiger partial charge is 0.387 e. The van der Waals surface area contributed by atoms with Crippen molar-refractivity contribution in [3.05, 3.63) is 35.1 Å². The van der Waals surface area contributed by atoms with Gasteiger partial charge in [0.2, 0.25) is 0 Å². The summed E-state index contributed by atoms with van der Waals surface area (Å²) in [4.78, 5) is 0. The van der Waals surface area contributed by atoms with Gasteiger partial charge in [-0.1, -0.05) is 24.6 Å². The lowest BCUT2D eigenvalue weighted by Crippen LogP contribution is -2.25. The van der Waals surface area contributed by atoms with Gasteiger partial charge in [-0.15, -0.1) is 0 Å². The highest BCUT2D eigenvalue weighted by atomic mass is 19.1. The fourth-order valence-electron chi connectivity index (χ4n) is 2.91. The Bertz CT molecular complexity index is 494. The normalized spacial score (nSPS) is 28.9. The summed E-state index contributed by atoms with van der Waals surface area (Å²) in [5.41, 5.74) is 0.323. The molecule has 0 amide bonds. The Hall–Kier alpha value is -1.40. The summed E-state index contributed by atoms with van der Waals surface area (Å²) in [7, 11) is 0. The molecule has 1 fully saturated rings. The predicted molar refractivity (Wildman–Crippen MR) is 67.2 cm³/mol. The minimum atomic E-state index is -1.03. The number of hydrogen-bond acceptors (Lipinski definition) is 2. The molecule has 0 radical (unpaired) electrons. The predicted octanol–water partition coefficient (Wildman–Crippen LogP) is 3.50. The van der Waals surface area contributed by atoms with Gasteiger partial charge in [0.25, 0.3) is 0 Å². The SMILES string of the molecule is Cc1ccc(F)c(C(O)C2(C#N)CCC(C)C2)c1. The summed E-state index contributed by atoms with van der Waals surface area (Å²) in [6.07, 6.45) is 1.15. The summed E-state index contributed by atoms with van der Waals surface area (Å²) >= 11 is 0. The first-order valence-electron chi connectivity index (χ1n) is 6.34. The first-order valence-corrected chi connectivity index (χ1v) is 6.34. The number of benzene rings is 1. The van der Waals surface area contributed by atoms with Crippen molar-refractivity contribution in [1.29, 1.82) is 5.26 Å². The second kappa shape index (κ2) is 4.70. The van der Waals surface area contributed by atoms with E-state index in [1.54, 1.807) is 12.1 Å². The van der Waals surface area contributed by atoms with Crippen LogP contribution in [0.15, 0.2) is 18.2 Å². The van der Waals surface area contributed by atoms with Crippen molar-refractivity contribution in [1.82, 2.24) is 0 Å². The number of nitriles is 1. The molecule has 18 heavy (non-hydrogen) atoms. The third-order valence-corrected chi connectivity index (χ3v) is 3.99. The van der Waals surface area contributed by atoms with E-state index in [1.807, 2.05) is 6.92 Å². The third kappa shape index (κ3) is 2.13. The number of rotatable bonds is 2. The number of aliphatic hydroxyl groups is 1. The number of aryl methyl sites for hydroxylation is 1. The van der Waals surface area contributed by atoms with Gasteiger partial charge in [0.1, 0.15) is 11.9 Å². The third-order valence-electron chi connectivity index (χ3n) is 3.99. The van der Waals surface area contributed by atoms with Crippen LogP contribution in [0.4, 0.5) is 4.39 Å². The topological polar surface area (TPSA) is 44.0 Å². The Labute approximate surface area is 107 Å². The van der Waals surface area contributed by atoms with Crippen molar-refractivity contribution in [3.63, 3.8) is 0 Å². The van der Waals surface area contributed by atoms with Crippen molar-refractivity contribution in [2.24, 2.45) is 11.3 Å². The molecule has 96 valence electrons. The van der Waals surface area contributed by atoms with Crippen molar-refractivity contribution >= 4 is 0 Å². The minimum absolute atomic E-state index is 0.255. The molecule has 1 N–H and O–H groups in total. The van der Waals surface area contributed by atoms with Crippen LogP contribution in [0.2, 0.25) is 0 Å². The van der Waals surface area contributed by atoms with E-state index < -0.39 is 17.3 Å². The van der Waals surface area contributed by atoms with Gasteiger partial charge in [0.05, 0.1) is 11.5 Å². The quantitative estimate of drug-likeness (QED) is 0.869. The van der Waals surface area contributed by atoms with E-state index in [1.165, 1.54) is 6.07 Å². The van der Waals surface area contributed by atoms with Crippen LogP contribution in [0.5, 0.6) is 0 Å². The molecule has 1 aliphatic rings. The smallest absolute Gasteiger partial charge is 0.129 e. The average molecular weight is 247 g/mol. The van der Waals surface area contributed by atoms with Gasteiger partial charge in [-0.2, -0.15) is 5.26 Å². The highest BCUT2D eigenvalue weighted by Gasteiger charge is 2.45. The maximum Gasteiger partial charge on any atom is 0.129 e. The van der Waals surface area contributed by atoms with Crippen molar-refractivity contribution in [2.75, 3.05) is 0 Å². The molecule has 3 heteroatoms. The first kappa shape index (κ1) is 13.0. The molecule has 1 aromatic carbocycles. The molecule has 0 bridgehead atoms. The molecule has 2 nitrogen and oxygen atoms in total. The lowest BCUT2D eigenvalue weighted by molar-refractivity contribution is 0.0615. The van der Waals surface area contributed by atoms with Gasteiger partial charge >= 0.3 is 0 Å². The molecule has 1 saturated carbocycles. The molecule has 0 aromatic heterocycles. The molecule has 0 spiro atoms. The Balaban J connectivity index is 2.38. The monoisotopic (exact) mass is 247 g/mol. The van der Waals surface area contributed by atoms with Crippen LogP contribution in [-0.4, -0.2) is 5.11 Å². The van der Waals surface area contributed by atoms with Gasteiger partial charge in [-0.05, 0) is 38.2 Å². The number of nitrogens with zero attached hydrogens (tertiary/aromatic N) is 1. The molecule has 1 aromatic rings. The van der Waals surface area contributed by atoms with E-state index in [0.717, 1.165) is 12.0 Å². The molecule has 0 saturated heterocycles. The number of halogens is 1. The second-order valence-electron chi connectivity index (χ2n) is 5.54. The molecule has 3 atom stereocenters. The summed E-state index contributed by atoms with van der Waals surface area (Å²) in [6, 6.07) is 6.90. The summed E-state index contributed by atoms with van der Waals surface area (Å²) in [5, 5.41) is 19.8. The Morgan fingerprint density at radius 3 is 2.83 bits per heavy atom. The minimum Gasteiger partial charge on any atom is -0.387 e. The van der Waals surface area contributed by atoms with E-state index in [0.29, 0.717) is 18.8 Å². The Kier molecular flexibility index (Phi) is 3.41. The Morgan fingerprint density at radius 2 is 2.28 bits per heavy atom. The molecule has 3 unspecified atom stereocenters. The fraction of sp³-hybridized carbons (Fsp3) is 0.533. The fourth-order valence-corrected chi connectivity index (χ4v) is 2.91. The number of aliphatic hydroxyl groups excluding tert-OH is 1.